The summed E-state index contributed by atoms with van der Waals surface area (Å²) in [5.41, 5.74) is 0. The first-order chi connectivity index (χ1) is 16.9. The average Bonchev–Trinajstić information content (AvgIpc) is 2.87. The zero-order chi connectivity index (χ0) is 24.2. The van der Waals surface area contributed by atoms with Crippen LogP contribution in [0.15, 0.2) is 30.3 Å². The van der Waals surface area contributed by atoms with Gasteiger partial charge in [-0.05, 0) is 18.6 Å². The van der Waals surface area contributed by atoms with Crippen LogP contribution >= 0.6 is 0 Å². The van der Waals surface area contributed by atoms with E-state index >= 15 is 0 Å². The van der Waals surface area contributed by atoms with E-state index in [0.29, 0.717) is 39.6 Å². The molecule has 0 saturated heterocycles. The summed E-state index contributed by atoms with van der Waals surface area (Å²) in [5.74, 6) is 0.879. The second-order valence-electron chi connectivity index (χ2n) is 9.30. The Bertz CT molecular complexity index is 494. The Morgan fingerprint density at radius 1 is 0.412 bits per heavy atom. The normalized spacial score (nSPS) is 11.2. The van der Waals surface area contributed by atoms with Crippen LogP contribution in [-0.4, -0.2) is 46.2 Å². The van der Waals surface area contributed by atoms with Gasteiger partial charge in [0.2, 0.25) is 0 Å². The van der Waals surface area contributed by atoms with E-state index in [1.807, 2.05) is 30.3 Å². The van der Waals surface area contributed by atoms with Gasteiger partial charge in [0.1, 0.15) is 12.4 Å². The van der Waals surface area contributed by atoms with Crippen molar-refractivity contribution < 1.29 is 18.9 Å². The number of hydrogen-bond donors (Lipinski definition) is 0. The molecule has 0 bridgehead atoms. The number of rotatable bonds is 27. The van der Waals surface area contributed by atoms with E-state index in [2.05, 4.69) is 6.92 Å². The minimum atomic E-state index is 0.562. The third kappa shape index (κ3) is 22.7. The van der Waals surface area contributed by atoms with Gasteiger partial charge in [0, 0.05) is 6.61 Å². The maximum atomic E-state index is 5.66. The molecular weight excluding hydrogens is 424 g/mol. The summed E-state index contributed by atoms with van der Waals surface area (Å²) in [4.78, 5) is 0. The summed E-state index contributed by atoms with van der Waals surface area (Å²) >= 11 is 0. The highest BCUT2D eigenvalue weighted by Gasteiger charge is 1.96. The van der Waals surface area contributed by atoms with Crippen molar-refractivity contribution in [1.29, 1.82) is 0 Å². The van der Waals surface area contributed by atoms with Crippen LogP contribution in [0.3, 0.4) is 0 Å². The van der Waals surface area contributed by atoms with Crippen molar-refractivity contribution in [3.8, 4) is 5.75 Å². The third-order valence-electron chi connectivity index (χ3n) is 6.13. The molecule has 0 amide bonds. The molecule has 1 rings (SSSR count). The molecule has 34 heavy (non-hydrogen) atoms. The van der Waals surface area contributed by atoms with Crippen LogP contribution in [0.2, 0.25) is 0 Å². The molecule has 0 saturated carbocycles. The number of ether oxygens (including phenoxy) is 4. The van der Waals surface area contributed by atoms with Gasteiger partial charge in [0.25, 0.3) is 0 Å². The fourth-order valence-electron chi connectivity index (χ4n) is 4.03. The Labute approximate surface area is 211 Å². The number of benzene rings is 1. The summed E-state index contributed by atoms with van der Waals surface area (Å²) in [6.07, 6.45) is 22.4. The quantitative estimate of drug-likeness (QED) is 0.119. The molecule has 1 aromatic rings. The molecule has 0 aliphatic carbocycles. The van der Waals surface area contributed by atoms with E-state index in [4.69, 9.17) is 18.9 Å². The standard InChI is InChI=1S/C30H54O4/c1-2-3-4-5-6-7-8-9-10-11-12-13-14-15-16-20-23-31-24-25-32-26-27-33-28-29-34-30-21-18-17-19-22-30/h17-19,21-22H,2-16,20,23-29H2,1H3. The second-order valence-corrected chi connectivity index (χ2v) is 9.30. The van der Waals surface area contributed by atoms with Crippen LogP contribution in [0.5, 0.6) is 5.75 Å². The van der Waals surface area contributed by atoms with Crippen molar-refractivity contribution in [1.82, 2.24) is 0 Å². The highest BCUT2D eigenvalue weighted by Crippen LogP contribution is 2.13. The summed E-state index contributed by atoms with van der Waals surface area (Å²) in [5, 5.41) is 0. The molecule has 0 unspecified atom stereocenters. The molecular formula is C30H54O4. The number of unbranched alkanes of at least 4 members (excludes halogenated alkanes) is 15. The summed E-state index contributed by atoms with van der Waals surface area (Å²) < 4.78 is 22.3. The van der Waals surface area contributed by atoms with Gasteiger partial charge in [-0.2, -0.15) is 0 Å². The van der Waals surface area contributed by atoms with E-state index in [1.54, 1.807) is 0 Å². The van der Waals surface area contributed by atoms with E-state index in [9.17, 15) is 0 Å². The van der Waals surface area contributed by atoms with Crippen molar-refractivity contribution in [2.24, 2.45) is 0 Å². The first-order valence-corrected chi connectivity index (χ1v) is 14.3. The van der Waals surface area contributed by atoms with Gasteiger partial charge in [-0.1, -0.05) is 121 Å². The predicted octanol–water partition coefficient (Wildman–Crippen LogP) is 8.38. The Kier molecular flexibility index (Phi) is 24.1. The van der Waals surface area contributed by atoms with Gasteiger partial charge < -0.3 is 18.9 Å². The van der Waals surface area contributed by atoms with Crippen LogP contribution in [0.25, 0.3) is 0 Å². The van der Waals surface area contributed by atoms with E-state index < -0.39 is 0 Å². The van der Waals surface area contributed by atoms with E-state index in [-0.39, 0.29) is 0 Å². The molecule has 0 aromatic heterocycles. The highest BCUT2D eigenvalue weighted by molar-refractivity contribution is 5.20. The topological polar surface area (TPSA) is 36.9 Å². The SMILES string of the molecule is CCCCCCCCCCCCCCCCCCOCCOCCOCCOc1ccccc1. The number of hydrogen-bond acceptors (Lipinski definition) is 4. The Balaban J connectivity index is 1.64. The smallest absolute Gasteiger partial charge is 0.119 e. The second kappa shape index (κ2) is 26.5. The van der Waals surface area contributed by atoms with E-state index in [1.165, 1.54) is 103 Å². The van der Waals surface area contributed by atoms with Crippen LogP contribution < -0.4 is 4.74 Å². The molecule has 198 valence electrons. The van der Waals surface area contributed by atoms with Crippen molar-refractivity contribution in [2.75, 3.05) is 46.2 Å². The van der Waals surface area contributed by atoms with E-state index in [0.717, 1.165) is 12.4 Å². The highest BCUT2D eigenvalue weighted by atomic mass is 16.6. The zero-order valence-electron chi connectivity index (χ0n) is 22.3. The zero-order valence-corrected chi connectivity index (χ0v) is 22.3. The van der Waals surface area contributed by atoms with Gasteiger partial charge in [-0.15, -0.1) is 0 Å². The first-order valence-electron chi connectivity index (χ1n) is 14.3. The largest absolute Gasteiger partial charge is 0.491 e. The average molecular weight is 479 g/mol. The molecule has 4 nitrogen and oxygen atoms in total. The maximum Gasteiger partial charge on any atom is 0.119 e. The lowest BCUT2D eigenvalue weighted by Crippen LogP contribution is -2.12. The van der Waals surface area contributed by atoms with Crippen LogP contribution in [0.1, 0.15) is 110 Å². The summed E-state index contributed by atoms with van der Waals surface area (Å²) in [6, 6.07) is 9.80. The first kappa shape index (κ1) is 30.9. The Hall–Kier alpha value is -1.10. The molecule has 0 fully saturated rings. The minimum absolute atomic E-state index is 0.562. The van der Waals surface area contributed by atoms with Gasteiger partial charge in [-0.3, -0.25) is 0 Å². The Morgan fingerprint density at radius 2 is 0.794 bits per heavy atom. The van der Waals surface area contributed by atoms with Crippen LogP contribution in [-0.2, 0) is 14.2 Å². The fourth-order valence-corrected chi connectivity index (χ4v) is 4.03. The molecule has 1 aromatic carbocycles. The maximum absolute atomic E-state index is 5.66. The molecule has 0 heterocycles. The molecule has 0 aliphatic rings. The lowest BCUT2D eigenvalue weighted by atomic mass is 10.0. The van der Waals surface area contributed by atoms with Crippen LogP contribution in [0, 0.1) is 0 Å². The lowest BCUT2D eigenvalue weighted by molar-refractivity contribution is 0.00878. The van der Waals surface area contributed by atoms with Crippen molar-refractivity contribution in [2.45, 2.75) is 110 Å². The molecule has 0 atom stereocenters. The molecule has 0 aliphatic heterocycles. The predicted molar refractivity (Wildman–Crippen MR) is 144 cm³/mol. The summed E-state index contributed by atoms with van der Waals surface area (Å²) in [6.45, 7) is 6.80. The summed E-state index contributed by atoms with van der Waals surface area (Å²) in [7, 11) is 0. The van der Waals surface area contributed by atoms with Crippen molar-refractivity contribution in [3.05, 3.63) is 30.3 Å². The Morgan fingerprint density at radius 3 is 1.26 bits per heavy atom. The van der Waals surface area contributed by atoms with Gasteiger partial charge in [-0.25, -0.2) is 0 Å². The fraction of sp³-hybridized carbons (Fsp3) is 0.800. The van der Waals surface area contributed by atoms with Gasteiger partial charge >= 0.3 is 0 Å². The molecule has 0 radical (unpaired) electrons. The minimum Gasteiger partial charge on any atom is -0.491 e. The third-order valence-corrected chi connectivity index (χ3v) is 6.13. The molecule has 0 spiro atoms. The molecule has 4 heteroatoms. The van der Waals surface area contributed by atoms with Gasteiger partial charge in [0.15, 0.2) is 0 Å². The van der Waals surface area contributed by atoms with Crippen molar-refractivity contribution in [3.63, 3.8) is 0 Å². The van der Waals surface area contributed by atoms with Crippen molar-refractivity contribution >= 4 is 0 Å². The molecule has 0 N–H and O–H groups in total. The lowest BCUT2D eigenvalue weighted by Gasteiger charge is -2.08. The van der Waals surface area contributed by atoms with Gasteiger partial charge in [0.05, 0.1) is 33.0 Å². The monoisotopic (exact) mass is 478 g/mol. The van der Waals surface area contributed by atoms with Crippen LogP contribution in [0.4, 0.5) is 0 Å². The number of para-hydroxylation sites is 1.